The molecule has 2 aromatic rings. The maximum absolute atomic E-state index is 12.2. The zero-order valence-electron chi connectivity index (χ0n) is 13.4. The van der Waals surface area contributed by atoms with Crippen molar-refractivity contribution in [2.75, 3.05) is 19.0 Å². The molecule has 0 unspecified atom stereocenters. The minimum atomic E-state index is -3.62. The molecule has 0 aliphatic heterocycles. The van der Waals surface area contributed by atoms with Gasteiger partial charge in [0.1, 0.15) is 5.75 Å². The molecule has 0 fully saturated rings. The molecule has 0 bridgehead atoms. The van der Waals surface area contributed by atoms with Gasteiger partial charge >= 0.3 is 5.97 Å². The van der Waals surface area contributed by atoms with Crippen LogP contribution in [-0.4, -0.2) is 43.6 Å². The van der Waals surface area contributed by atoms with Gasteiger partial charge in [-0.3, -0.25) is 0 Å². The summed E-state index contributed by atoms with van der Waals surface area (Å²) < 4.78 is 29.7. The third-order valence-corrected chi connectivity index (χ3v) is 5.44. The Morgan fingerprint density at radius 1 is 1.16 bits per heavy atom. The van der Waals surface area contributed by atoms with Crippen molar-refractivity contribution in [1.29, 1.82) is 0 Å². The molecule has 0 heterocycles. The number of aliphatic hydroxyl groups excluding tert-OH is 1. The molecule has 0 amide bonds. The SMILES string of the molecule is Cc1ccc(S(=O)(=O)CCO)cc1-c1cc(Cl)ccc1OCC(=O)O. The van der Waals surface area contributed by atoms with Crippen LogP contribution in [0.25, 0.3) is 11.1 Å². The number of hydrogen-bond acceptors (Lipinski definition) is 5. The molecule has 2 N–H and O–H groups in total. The standard InChI is InChI=1S/C17H17ClO6S/c1-11-2-4-13(25(22,23)7-6-19)9-14(11)15-8-12(18)3-5-16(15)24-10-17(20)21/h2-5,8-9,19H,6-7,10H2,1H3,(H,20,21). The first-order chi connectivity index (χ1) is 11.7. The summed E-state index contributed by atoms with van der Waals surface area (Å²) in [5, 5.41) is 18.1. The molecule has 134 valence electrons. The predicted molar refractivity (Wildman–Crippen MR) is 93.9 cm³/mol. The van der Waals surface area contributed by atoms with Crippen LogP contribution in [0.5, 0.6) is 5.75 Å². The number of benzene rings is 2. The molecular formula is C17H17ClO6S. The molecule has 0 aliphatic rings. The van der Waals surface area contributed by atoms with E-state index in [1.807, 2.05) is 0 Å². The van der Waals surface area contributed by atoms with E-state index in [0.717, 1.165) is 5.56 Å². The van der Waals surface area contributed by atoms with Gasteiger partial charge in [0.05, 0.1) is 17.3 Å². The normalized spacial score (nSPS) is 11.3. The van der Waals surface area contributed by atoms with Crippen molar-refractivity contribution in [3.63, 3.8) is 0 Å². The van der Waals surface area contributed by atoms with E-state index in [2.05, 4.69) is 0 Å². The highest BCUT2D eigenvalue weighted by atomic mass is 35.5. The van der Waals surface area contributed by atoms with Crippen LogP contribution >= 0.6 is 11.6 Å². The zero-order valence-corrected chi connectivity index (χ0v) is 15.0. The Bertz CT molecular complexity index is 892. The van der Waals surface area contributed by atoms with Crippen molar-refractivity contribution >= 4 is 27.4 Å². The van der Waals surface area contributed by atoms with Crippen LogP contribution < -0.4 is 4.74 Å². The molecule has 0 atom stereocenters. The summed E-state index contributed by atoms with van der Waals surface area (Å²) in [5.41, 5.74) is 1.82. The Balaban J connectivity index is 2.57. The number of aliphatic hydroxyl groups is 1. The fourth-order valence-corrected chi connectivity index (χ4v) is 3.52. The van der Waals surface area contributed by atoms with Gasteiger partial charge in [0.2, 0.25) is 0 Å². The van der Waals surface area contributed by atoms with Gasteiger partial charge in [0.25, 0.3) is 0 Å². The predicted octanol–water partition coefficient (Wildman–Crippen LogP) is 2.54. The monoisotopic (exact) mass is 384 g/mol. The van der Waals surface area contributed by atoms with Crippen molar-refractivity contribution in [3.05, 3.63) is 47.0 Å². The van der Waals surface area contributed by atoms with Crippen molar-refractivity contribution in [2.24, 2.45) is 0 Å². The lowest BCUT2D eigenvalue weighted by atomic mass is 10.00. The molecular weight excluding hydrogens is 368 g/mol. The average molecular weight is 385 g/mol. The number of ether oxygens (including phenoxy) is 1. The van der Waals surface area contributed by atoms with E-state index in [1.54, 1.807) is 25.1 Å². The summed E-state index contributed by atoms with van der Waals surface area (Å²) in [6, 6.07) is 9.26. The third-order valence-electron chi connectivity index (χ3n) is 3.51. The molecule has 0 aliphatic carbocycles. The first-order valence-corrected chi connectivity index (χ1v) is 9.36. The summed E-state index contributed by atoms with van der Waals surface area (Å²) in [6.07, 6.45) is 0. The van der Waals surface area contributed by atoms with E-state index in [0.29, 0.717) is 16.1 Å². The van der Waals surface area contributed by atoms with Crippen molar-refractivity contribution in [1.82, 2.24) is 0 Å². The molecule has 0 spiro atoms. The van der Waals surface area contributed by atoms with Crippen LogP contribution in [0.1, 0.15) is 5.56 Å². The number of halogens is 1. The summed E-state index contributed by atoms with van der Waals surface area (Å²) in [4.78, 5) is 10.8. The Labute approximate surface area is 150 Å². The molecule has 6 nitrogen and oxygen atoms in total. The van der Waals surface area contributed by atoms with E-state index in [-0.39, 0.29) is 16.4 Å². The molecule has 0 radical (unpaired) electrons. The quantitative estimate of drug-likeness (QED) is 0.760. The van der Waals surface area contributed by atoms with Crippen LogP contribution in [0.3, 0.4) is 0 Å². The van der Waals surface area contributed by atoms with Gasteiger partial charge in [0.15, 0.2) is 16.4 Å². The number of sulfone groups is 1. The Kier molecular flexibility index (Phi) is 6.05. The summed E-state index contributed by atoms with van der Waals surface area (Å²) in [6.45, 7) is 0.783. The highest BCUT2D eigenvalue weighted by molar-refractivity contribution is 7.91. The fraction of sp³-hybridized carbons (Fsp3) is 0.235. The molecule has 0 aromatic heterocycles. The molecule has 0 saturated carbocycles. The lowest BCUT2D eigenvalue weighted by Gasteiger charge is -2.14. The van der Waals surface area contributed by atoms with Gasteiger partial charge in [0, 0.05) is 10.6 Å². The molecule has 25 heavy (non-hydrogen) atoms. The smallest absolute Gasteiger partial charge is 0.341 e. The lowest BCUT2D eigenvalue weighted by Crippen LogP contribution is -2.11. The number of carboxylic acids is 1. The second-order valence-electron chi connectivity index (χ2n) is 5.34. The molecule has 2 rings (SSSR count). The Morgan fingerprint density at radius 3 is 2.52 bits per heavy atom. The van der Waals surface area contributed by atoms with Crippen LogP contribution in [0.2, 0.25) is 5.02 Å². The first-order valence-electron chi connectivity index (χ1n) is 7.33. The number of carbonyl (C=O) groups is 1. The number of aliphatic carboxylic acids is 1. The average Bonchev–Trinajstić information content (AvgIpc) is 2.53. The number of carboxylic acid groups (broad SMARTS) is 1. The van der Waals surface area contributed by atoms with E-state index in [1.165, 1.54) is 18.2 Å². The number of rotatable bonds is 7. The van der Waals surface area contributed by atoms with Gasteiger partial charge in [-0.25, -0.2) is 13.2 Å². The van der Waals surface area contributed by atoms with Crippen LogP contribution in [0.4, 0.5) is 0 Å². The number of aryl methyl sites for hydroxylation is 1. The minimum Gasteiger partial charge on any atom is -0.481 e. The summed E-state index contributed by atoms with van der Waals surface area (Å²) >= 11 is 6.04. The van der Waals surface area contributed by atoms with Crippen molar-refractivity contribution in [2.45, 2.75) is 11.8 Å². The Morgan fingerprint density at radius 2 is 1.88 bits per heavy atom. The number of hydrogen-bond donors (Lipinski definition) is 2. The largest absolute Gasteiger partial charge is 0.481 e. The van der Waals surface area contributed by atoms with Crippen LogP contribution in [0.15, 0.2) is 41.3 Å². The topological polar surface area (TPSA) is 101 Å². The van der Waals surface area contributed by atoms with Gasteiger partial charge in [-0.1, -0.05) is 17.7 Å². The van der Waals surface area contributed by atoms with Crippen LogP contribution in [0, 0.1) is 6.92 Å². The minimum absolute atomic E-state index is 0.0614. The van der Waals surface area contributed by atoms with E-state index in [4.69, 9.17) is 26.6 Å². The highest BCUT2D eigenvalue weighted by Gasteiger charge is 2.18. The second-order valence-corrected chi connectivity index (χ2v) is 7.89. The van der Waals surface area contributed by atoms with E-state index < -0.39 is 29.0 Å². The van der Waals surface area contributed by atoms with Crippen molar-refractivity contribution in [3.8, 4) is 16.9 Å². The zero-order chi connectivity index (χ0) is 18.6. The first kappa shape index (κ1) is 19.2. The van der Waals surface area contributed by atoms with Gasteiger partial charge in [-0.2, -0.15) is 0 Å². The van der Waals surface area contributed by atoms with Gasteiger partial charge < -0.3 is 14.9 Å². The molecule has 0 saturated heterocycles. The highest BCUT2D eigenvalue weighted by Crippen LogP contribution is 2.36. The molecule has 8 heteroatoms. The lowest BCUT2D eigenvalue weighted by molar-refractivity contribution is -0.139. The summed E-state index contributed by atoms with van der Waals surface area (Å²) in [5.74, 6) is -1.23. The maximum atomic E-state index is 12.2. The van der Waals surface area contributed by atoms with E-state index in [9.17, 15) is 13.2 Å². The fourth-order valence-electron chi connectivity index (χ4n) is 2.30. The molecule has 2 aromatic carbocycles. The maximum Gasteiger partial charge on any atom is 0.341 e. The second kappa shape index (κ2) is 7.86. The summed E-state index contributed by atoms with van der Waals surface area (Å²) in [7, 11) is -3.62. The Hall–Kier alpha value is -2.09. The van der Waals surface area contributed by atoms with E-state index >= 15 is 0 Å². The van der Waals surface area contributed by atoms with Crippen molar-refractivity contribution < 1.29 is 28.2 Å². The van der Waals surface area contributed by atoms with Crippen LogP contribution in [-0.2, 0) is 14.6 Å². The van der Waals surface area contributed by atoms with Gasteiger partial charge in [-0.15, -0.1) is 0 Å². The van der Waals surface area contributed by atoms with Gasteiger partial charge in [-0.05, 0) is 48.4 Å². The third kappa shape index (κ3) is 4.72.